The second kappa shape index (κ2) is 5.36. The van der Waals surface area contributed by atoms with Gasteiger partial charge in [0.2, 0.25) is 0 Å². The van der Waals surface area contributed by atoms with Gasteiger partial charge in [0.05, 0.1) is 12.3 Å². The van der Waals surface area contributed by atoms with Crippen molar-refractivity contribution in [2.24, 2.45) is 5.73 Å². The molecule has 4 nitrogen and oxygen atoms in total. The van der Waals surface area contributed by atoms with E-state index >= 15 is 0 Å². The average Bonchev–Trinajstić information content (AvgIpc) is 2.84. The largest absolute Gasteiger partial charge is 0.503 e. The van der Waals surface area contributed by atoms with Crippen LogP contribution < -0.4 is 10.5 Å². The molecule has 0 saturated heterocycles. The number of aromatic hydroxyl groups is 1. The molecule has 2 rings (SSSR count). The van der Waals surface area contributed by atoms with E-state index in [1.165, 1.54) is 19.0 Å². The number of nitrogens with two attached hydrogens (primary N) is 1. The zero-order valence-electron chi connectivity index (χ0n) is 10.2. The Balaban J connectivity index is 2.13. The SMILES string of the molecule is CC(CN)c1cc(OC2CCCC2)c(O)cn1. The maximum atomic E-state index is 9.73. The first-order chi connectivity index (χ1) is 8.20. The third-order valence-electron chi connectivity index (χ3n) is 3.32. The molecule has 17 heavy (non-hydrogen) atoms. The molecule has 1 aromatic rings. The van der Waals surface area contributed by atoms with Crippen molar-refractivity contribution in [2.45, 2.75) is 44.6 Å². The minimum atomic E-state index is 0.116. The molecule has 0 spiro atoms. The van der Waals surface area contributed by atoms with Gasteiger partial charge >= 0.3 is 0 Å². The first kappa shape index (κ1) is 12.2. The van der Waals surface area contributed by atoms with Crippen molar-refractivity contribution in [3.63, 3.8) is 0 Å². The van der Waals surface area contributed by atoms with E-state index in [9.17, 15) is 5.11 Å². The van der Waals surface area contributed by atoms with Gasteiger partial charge in [0.25, 0.3) is 0 Å². The van der Waals surface area contributed by atoms with Crippen molar-refractivity contribution in [3.05, 3.63) is 18.0 Å². The number of pyridine rings is 1. The van der Waals surface area contributed by atoms with Gasteiger partial charge in [-0.15, -0.1) is 0 Å². The summed E-state index contributed by atoms with van der Waals surface area (Å²) in [4.78, 5) is 4.17. The fourth-order valence-electron chi connectivity index (χ4n) is 2.12. The molecule has 0 bridgehead atoms. The summed E-state index contributed by atoms with van der Waals surface area (Å²) in [5.41, 5.74) is 6.49. The molecular weight excluding hydrogens is 216 g/mol. The van der Waals surface area contributed by atoms with Crippen LogP contribution in [0.3, 0.4) is 0 Å². The average molecular weight is 236 g/mol. The van der Waals surface area contributed by atoms with E-state index in [1.54, 1.807) is 0 Å². The van der Waals surface area contributed by atoms with Crippen LogP contribution in [-0.2, 0) is 0 Å². The van der Waals surface area contributed by atoms with E-state index in [2.05, 4.69) is 4.98 Å². The lowest BCUT2D eigenvalue weighted by Gasteiger charge is -2.16. The van der Waals surface area contributed by atoms with Gasteiger partial charge in [-0.05, 0) is 25.7 Å². The quantitative estimate of drug-likeness (QED) is 0.840. The van der Waals surface area contributed by atoms with Gasteiger partial charge in [-0.1, -0.05) is 6.92 Å². The summed E-state index contributed by atoms with van der Waals surface area (Å²) >= 11 is 0. The van der Waals surface area contributed by atoms with Gasteiger partial charge in [-0.2, -0.15) is 0 Å². The first-order valence-electron chi connectivity index (χ1n) is 6.26. The van der Waals surface area contributed by atoms with Crippen LogP contribution in [0.4, 0.5) is 0 Å². The highest BCUT2D eigenvalue weighted by molar-refractivity contribution is 5.38. The summed E-state index contributed by atoms with van der Waals surface area (Å²) in [6, 6.07) is 1.81. The van der Waals surface area contributed by atoms with Crippen molar-refractivity contribution < 1.29 is 9.84 Å². The Morgan fingerprint density at radius 2 is 2.24 bits per heavy atom. The van der Waals surface area contributed by atoms with Crippen LogP contribution in [0.25, 0.3) is 0 Å². The highest BCUT2D eigenvalue weighted by Crippen LogP contribution is 2.31. The van der Waals surface area contributed by atoms with E-state index in [4.69, 9.17) is 10.5 Å². The van der Waals surface area contributed by atoms with Crippen LogP contribution in [0.5, 0.6) is 11.5 Å². The molecule has 3 N–H and O–H groups in total. The summed E-state index contributed by atoms with van der Waals surface area (Å²) in [5.74, 6) is 0.841. The molecule has 1 aliphatic carbocycles. The fraction of sp³-hybridized carbons (Fsp3) is 0.615. The van der Waals surface area contributed by atoms with E-state index < -0.39 is 0 Å². The molecule has 1 aliphatic rings. The highest BCUT2D eigenvalue weighted by atomic mass is 16.5. The van der Waals surface area contributed by atoms with E-state index in [0.29, 0.717) is 12.3 Å². The molecular formula is C13H20N2O2. The Bertz CT molecular complexity index is 376. The number of rotatable bonds is 4. The Kier molecular flexibility index (Phi) is 3.84. The monoisotopic (exact) mass is 236 g/mol. The maximum absolute atomic E-state index is 9.73. The Morgan fingerprint density at radius 1 is 1.53 bits per heavy atom. The predicted molar refractivity (Wildman–Crippen MR) is 66.3 cm³/mol. The minimum absolute atomic E-state index is 0.116. The topological polar surface area (TPSA) is 68.4 Å². The van der Waals surface area contributed by atoms with Gasteiger partial charge in [0.15, 0.2) is 11.5 Å². The van der Waals surface area contributed by atoms with Crippen molar-refractivity contribution in [2.75, 3.05) is 6.54 Å². The van der Waals surface area contributed by atoms with Gasteiger partial charge in [0.1, 0.15) is 0 Å². The van der Waals surface area contributed by atoms with Crippen molar-refractivity contribution in [1.29, 1.82) is 0 Å². The molecule has 94 valence electrons. The molecule has 0 amide bonds. The summed E-state index contributed by atoms with van der Waals surface area (Å²) in [6.45, 7) is 2.55. The summed E-state index contributed by atoms with van der Waals surface area (Å²) in [6.07, 6.45) is 6.26. The standard InChI is InChI=1S/C13H20N2O2/c1-9(7-14)11-6-13(12(16)8-15-11)17-10-4-2-3-5-10/h6,8-10,16H,2-5,7,14H2,1H3. The lowest BCUT2D eigenvalue weighted by molar-refractivity contribution is 0.201. The number of ether oxygens (including phenoxy) is 1. The third kappa shape index (κ3) is 2.88. The number of aromatic nitrogens is 1. The van der Waals surface area contributed by atoms with E-state index in [-0.39, 0.29) is 17.8 Å². The highest BCUT2D eigenvalue weighted by Gasteiger charge is 2.19. The number of nitrogens with zero attached hydrogens (tertiary/aromatic N) is 1. The Labute approximate surface area is 102 Å². The third-order valence-corrected chi connectivity index (χ3v) is 3.32. The van der Waals surface area contributed by atoms with Crippen LogP contribution in [0.2, 0.25) is 0 Å². The number of hydrogen-bond acceptors (Lipinski definition) is 4. The van der Waals surface area contributed by atoms with Gasteiger partial charge < -0.3 is 15.6 Å². The lowest BCUT2D eigenvalue weighted by Crippen LogP contribution is -2.13. The first-order valence-corrected chi connectivity index (χ1v) is 6.26. The minimum Gasteiger partial charge on any atom is -0.503 e. The molecule has 1 unspecified atom stereocenters. The van der Waals surface area contributed by atoms with Crippen LogP contribution in [0.1, 0.15) is 44.2 Å². The molecule has 4 heteroatoms. The normalized spacial score (nSPS) is 18.2. The zero-order chi connectivity index (χ0) is 12.3. The molecule has 1 heterocycles. The zero-order valence-corrected chi connectivity index (χ0v) is 10.2. The molecule has 0 radical (unpaired) electrons. The van der Waals surface area contributed by atoms with Crippen LogP contribution in [0.15, 0.2) is 12.3 Å². The van der Waals surface area contributed by atoms with E-state index in [1.807, 2.05) is 13.0 Å². The maximum Gasteiger partial charge on any atom is 0.176 e. The molecule has 1 saturated carbocycles. The summed E-state index contributed by atoms with van der Waals surface area (Å²) in [5, 5.41) is 9.73. The van der Waals surface area contributed by atoms with Crippen molar-refractivity contribution >= 4 is 0 Å². The second-order valence-electron chi connectivity index (χ2n) is 4.74. The smallest absolute Gasteiger partial charge is 0.176 e. The second-order valence-corrected chi connectivity index (χ2v) is 4.74. The van der Waals surface area contributed by atoms with Crippen LogP contribution in [-0.4, -0.2) is 22.7 Å². The predicted octanol–water partition coefficient (Wildman–Crippen LogP) is 2.17. The van der Waals surface area contributed by atoms with Crippen LogP contribution >= 0.6 is 0 Å². The van der Waals surface area contributed by atoms with Gasteiger partial charge in [-0.25, -0.2) is 0 Å². The van der Waals surface area contributed by atoms with Crippen LogP contribution in [0, 0.1) is 0 Å². The molecule has 1 fully saturated rings. The Hall–Kier alpha value is -1.29. The van der Waals surface area contributed by atoms with Crippen molar-refractivity contribution in [1.82, 2.24) is 4.98 Å². The van der Waals surface area contributed by atoms with Gasteiger partial charge in [-0.3, -0.25) is 4.98 Å². The fourth-order valence-corrected chi connectivity index (χ4v) is 2.12. The number of hydrogen-bond donors (Lipinski definition) is 2. The Morgan fingerprint density at radius 3 is 2.88 bits per heavy atom. The van der Waals surface area contributed by atoms with Crippen molar-refractivity contribution in [3.8, 4) is 11.5 Å². The summed E-state index contributed by atoms with van der Waals surface area (Å²) < 4.78 is 5.81. The summed E-state index contributed by atoms with van der Waals surface area (Å²) in [7, 11) is 0. The molecule has 1 atom stereocenters. The van der Waals surface area contributed by atoms with E-state index in [0.717, 1.165) is 18.5 Å². The molecule has 0 aromatic carbocycles. The molecule has 1 aromatic heterocycles. The lowest BCUT2D eigenvalue weighted by atomic mass is 10.1. The van der Waals surface area contributed by atoms with Gasteiger partial charge in [0, 0.05) is 24.2 Å². The molecule has 0 aliphatic heterocycles.